The third-order valence-electron chi connectivity index (χ3n) is 1.78. The van der Waals surface area contributed by atoms with Crippen molar-refractivity contribution in [1.29, 1.82) is 0 Å². The first kappa shape index (κ1) is 16.4. The molecule has 0 saturated carbocycles. The first-order chi connectivity index (χ1) is 9.41. The predicted molar refractivity (Wildman–Crippen MR) is 65.1 cm³/mol. The van der Waals surface area contributed by atoms with Gasteiger partial charge in [-0.2, -0.15) is 0 Å². The molecule has 0 amide bonds. The molecule has 12 heteroatoms. The molecule has 0 radical (unpaired) electrons. The van der Waals surface area contributed by atoms with E-state index in [1.165, 1.54) is 34.0 Å². The number of nitrogens with one attached hydrogen (secondary N) is 2. The zero-order valence-electron chi connectivity index (χ0n) is 9.47. The van der Waals surface area contributed by atoms with Crippen LogP contribution in [0.25, 0.3) is 0 Å². The van der Waals surface area contributed by atoms with Crippen molar-refractivity contribution in [2.45, 2.75) is 0 Å². The Labute approximate surface area is 117 Å². The van der Waals surface area contributed by atoms with E-state index in [1.54, 1.807) is 0 Å². The standard InChI is InChI=1S/C8H8N2O8S2/c11-7(17-9-19(13)14)5-3-1-2-4-6(5)8(12)18-10-20(15)16/h1-4,9-10H,(H,13,14)(H,15,16). The molecule has 0 spiro atoms. The lowest BCUT2D eigenvalue weighted by Gasteiger charge is -2.07. The van der Waals surface area contributed by atoms with Crippen LogP contribution in [0.2, 0.25) is 0 Å². The van der Waals surface area contributed by atoms with E-state index in [1.807, 2.05) is 0 Å². The third-order valence-corrected chi connectivity index (χ3v) is 2.23. The van der Waals surface area contributed by atoms with Crippen molar-refractivity contribution < 1.29 is 36.8 Å². The van der Waals surface area contributed by atoms with Gasteiger partial charge in [-0.25, -0.2) is 18.0 Å². The van der Waals surface area contributed by atoms with Crippen LogP contribution in [0, 0.1) is 0 Å². The molecular weight excluding hydrogens is 316 g/mol. The molecule has 0 aliphatic heterocycles. The molecular formula is C8H8N2O8S2. The summed E-state index contributed by atoms with van der Waals surface area (Å²) in [7, 11) is 0. The van der Waals surface area contributed by atoms with Crippen molar-refractivity contribution >= 4 is 34.5 Å². The van der Waals surface area contributed by atoms with Crippen molar-refractivity contribution in [2.24, 2.45) is 0 Å². The maximum atomic E-state index is 11.5. The zero-order chi connectivity index (χ0) is 15.1. The minimum Gasteiger partial charge on any atom is -0.351 e. The highest BCUT2D eigenvalue weighted by Gasteiger charge is 2.20. The van der Waals surface area contributed by atoms with Crippen molar-refractivity contribution in [1.82, 2.24) is 9.77 Å². The van der Waals surface area contributed by atoms with Crippen LogP contribution in [0.5, 0.6) is 0 Å². The fourth-order valence-corrected chi connectivity index (χ4v) is 1.39. The van der Waals surface area contributed by atoms with E-state index < -0.39 is 34.5 Å². The van der Waals surface area contributed by atoms with E-state index in [4.69, 9.17) is 9.11 Å². The van der Waals surface area contributed by atoms with E-state index in [2.05, 4.69) is 9.68 Å². The number of carbonyl (C=O) groups excluding carboxylic acids is 2. The van der Waals surface area contributed by atoms with Gasteiger partial charge >= 0.3 is 11.9 Å². The lowest BCUT2D eigenvalue weighted by atomic mass is 10.1. The van der Waals surface area contributed by atoms with Crippen molar-refractivity contribution in [3.05, 3.63) is 35.4 Å². The Morgan fingerprint density at radius 2 is 1.25 bits per heavy atom. The average molecular weight is 324 g/mol. The second-order valence-electron chi connectivity index (χ2n) is 2.99. The Bertz CT molecular complexity index is 514. The van der Waals surface area contributed by atoms with Crippen LogP contribution < -0.4 is 9.77 Å². The van der Waals surface area contributed by atoms with Gasteiger partial charge in [-0.1, -0.05) is 12.1 Å². The Hall–Kier alpha value is -1.70. The third kappa shape index (κ3) is 5.12. The predicted octanol–water partition coefficient (Wildman–Crippen LogP) is -0.717. The molecule has 1 rings (SSSR count). The largest absolute Gasteiger partial charge is 0.358 e. The molecule has 20 heavy (non-hydrogen) atoms. The van der Waals surface area contributed by atoms with Crippen molar-refractivity contribution in [3.8, 4) is 0 Å². The highest BCUT2D eigenvalue weighted by atomic mass is 32.2. The molecule has 10 nitrogen and oxygen atoms in total. The van der Waals surface area contributed by atoms with E-state index in [0.717, 1.165) is 0 Å². The molecule has 1 aromatic rings. The van der Waals surface area contributed by atoms with Gasteiger partial charge in [0.15, 0.2) is 0 Å². The van der Waals surface area contributed by atoms with Gasteiger partial charge in [0.1, 0.15) is 0 Å². The first-order valence-corrected chi connectivity index (χ1v) is 6.87. The molecule has 1 aromatic carbocycles. The van der Waals surface area contributed by atoms with Crippen LogP contribution in [0.3, 0.4) is 0 Å². The summed E-state index contributed by atoms with van der Waals surface area (Å²) in [6.45, 7) is 0. The molecule has 0 saturated heterocycles. The van der Waals surface area contributed by atoms with E-state index in [0.29, 0.717) is 0 Å². The Morgan fingerprint density at radius 3 is 1.55 bits per heavy atom. The Morgan fingerprint density at radius 1 is 0.900 bits per heavy atom. The molecule has 0 fully saturated rings. The van der Waals surface area contributed by atoms with Gasteiger partial charge in [-0.05, 0) is 21.9 Å². The van der Waals surface area contributed by atoms with E-state index in [9.17, 15) is 18.0 Å². The number of benzene rings is 1. The fraction of sp³-hybridized carbons (Fsp3) is 0. The molecule has 0 aliphatic rings. The van der Waals surface area contributed by atoms with Gasteiger partial charge in [-0.15, -0.1) is 0 Å². The fourth-order valence-electron chi connectivity index (χ4n) is 1.10. The van der Waals surface area contributed by atoms with Crippen molar-refractivity contribution in [2.75, 3.05) is 0 Å². The zero-order valence-corrected chi connectivity index (χ0v) is 11.1. The monoisotopic (exact) mass is 324 g/mol. The molecule has 0 bridgehead atoms. The normalized spacial score (nSPS) is 13.3. The topological polar surface area (TPSA) is 151 Å². The van der Waals surface area contributed by atoms with Crippen LogP contribution in [-0.2, 0) is 32.2 Å². The maximum Gasteiger partial charge on any atom is 0.358 e. The van der Waals surface area contributed by atoms with Gasteiger partial charge in [-0.3, -0.25) is 9.11 Å². The second-order valence-corrected chi connectivity index (χ2v) is 4.32. The first-order valence-electron chi connectivity index (χ1n) is 4.66. The summed E-state index contributed by atoms with van der Waals surface area (Å²) in [5.41, 5.74) is -0.554. The summed E-state index contributed by atoms with van der Waals surface area (Å²) in [4.78, 5) is 34.5. The Kier molecular flexibility index (Phi) is 6.37. The molecule has 2 unspecified atom stereocenters. The van der Waals surface area contributed by atoms with Gasteiger partial charge in [0.05, 0.1) is 11.1 Å². The summed E-state index contributed by atoms with van der Waals surface area (Å²) in [5, 5.41) is 0. The lowest BCUT2D eigenvalue weighted by Crippen LogP contribution is -2.25. The van der Waals surface area contributed by atoms with Crippen LogP contribution in [0.1, 0.15) is 20.7 Å². The second kappa shape index (κ2) is 7.78. The van der Waals surface area contributed by atoms with Crippen LogP contribution in [0.4, 0.5) is 0 Å². The van der Waals surface area contributed by atoms with Gasteiger partial charge in [0, 0.05) is 0 Å². The van der Waals surface area contributed by atoms with Gasteiger partial charge < -0.3 is 9.68 Å². The van der Waals surface area contributed by atoms with Gasteiger partial charge in [0.2, 0.25) is 0 Å². The number of carbonyl (C=O) groups is 2. The SMILES string of the molecule is O=C(ONS(=O)O)c1ccccc1C(=O)ONS(=O)O. The summed E-state index contributed by atoms with van der Waals surface area (Å²) >= 11 is -5.16. The number of rotatable bonds is 6. The molecule has 2 atom stereocenters. The van der Waals surface area contributed by atoms with Crippen LogP contribution >= 0.6 is 0 Å². The summed E-state index contributed by atoms with van der Waals surface area (Å²) < 4.78 is 37.4. The summed E-state index contributed by atoms with van der Waals surface area (Å²) in [6.07, 6.45) is 0. The summed E-state index contributed by atoms with van der Waals surface area (Å²) in [5.74, 6) is -2.24. The summed E-state index contributed by atoms with van der Waals surface area (Å²) in [6, 6.07) is 5.19. The minimum absolute atomic E-state index is 0.277. The van der Waals surface area contributed by atoms with E-state index >= 15 is 0 Å². The quantitative estimate of drug-likeness (QED) is 0.395. The average Bonchev–Trinajstić information content (AvgIpc) is 2.42. The smallest absolute Gasteiger partial charge is 0.351 e. The maximum absolute atomic E-state index is 11.5. The molecule has 4 N–H and O–H groups in total. The number of hydrogen-bond acceptors (Lipinski definition) is 6. The van der Waals surface area contributed by atoms with Crippen molar-refractivity contribution in [3.63, 3.8) is 0 Å². The van der Waals surface area contributed by atoms with Crippen LogP contribution in [-0.4, -0.2) is 29.5 Å². The lowest BCUT2D eigenvalue weighted by molar-refractivity contribution is 0.0359. The highest BCUT2D eigenvalue weighted by molar-refractivity contribution is 7.77. The van der Waals surface area contributed by atoms with E-state index in [-0.39, 0.29) is 11.1 Å². The van der Waals surface area contributed by atoms with Crippen LogP contribution in [0.15, 0.2) is 24.3 Å². The number of hydrogen-bond donors (Lipinski definition) is 4. The molecule has 0 aliphatic carbocycles. The molecule has 0 aromatic heterocycles. The minimum atomic E-state index is -2.58. The molecule has 0 heterocycles. The van der Waals surface area contributed by atoms with Gasteiger partial charge in [0.25, 0.3) is 22.5 Å². The molecule has 110 valence electrons. The highest BCUT2D eigenvalue weighted by Crippen LogP contribution is 2.11. The Balaban J connectivity index is 2.87.